The van der Waals surface area contributed by atoms with Gasteiger partial charge in [0.15, 0.2) is 0 Å². The monoisotopic (exact) mass is 292 g/mol. The Bertz CT molecular complexity index is 736. The number of thioether (sulfide) groups is 1. The van der Waals surface area contributed by atoms with Crippen LogP contribution in [0.25, 0.3) is 22.4 Å². The normalized spacial score (nSPS) is 10.6. The number of pyridine rings is 1. The standard InChI is InChI=1S/C19H18NS/c1-20-18(16-11-7-4-8-12-16)13-17(14-19(20)21-2)15-9-5-3-6-10-15/h3-14H,1-2H3/q+1. The lowest BCUT2D eigenvalue weighted by Crippen LogP contribution is -2.33. The first-order chi connectivity index (χ1) is 10.3. The number of nitrogens with zero attached hydrogens (tertiary/aromatic N) is 1. The second-order valence-electron chi connectivity index (χ2n) is 4.96. The fourth-order valence-corrected chi connectivity index (χ4v) is 3.13. The largest absolute Gasteiger partial charge is 0.240 e. The van der Waals surface area contributed by atoms with Gasteiger partial charge in [-0.2, -0.15) is 4.57 Å². The van der Waals surface area contributed by atoms with Crippen molar-refractivity contribution in [2.75, 3.05) is 6.26 Å². The molecule has 0 amide bonds. The molecule has 0 aliphatic heterocycles. The molecule has 2 aromatic carbocycles. The quantitative estimate of drug-likeness (QED) is 0.505. The zero-order valence-electron chi connectivity index (χ0n) is 12.3. The lowest BCUT2D eigenvalue weighted by Gasteiger charge is -2.08. The third-order valence-electron chi connectivity index (χ3n) is 3.65. The van der Waals surface area contributed by atoms with E-state index in [0.29, 0.717) is 0 Å². The number of hydrogen-bond acceptors (Lipinski definition) is 1. The van der Waals surface area contributed by atoms with E-state index in [9.17, 15) is 0 Å². The summed E-state index contributed by atoms with van der Waals surface area (Å²) in [6.45, 7) is 0. The van der Waals surface area contributed by atoms with Crippen LogP contribution in [0.2, 0.25) is 0 Å². The highest BCUT2D eigenvalue weighted by Crippen LogP contribution is 2.27. The molecule has 1 aromatic heterocycles. The zero-order valence-corrected chi connectivity index (χ0v) is 13.1. The van der Waals surface area contributed by atoms with Gasteiger partial charge in [0.1, 0.15) is 7.05 Å². The van der Waals surface area contributed by atoms with Crippen LogP contribution in [-0.4, -0.2) is 6.26 Å². The average Bonchev–Trinajstić information content (AvgIpc) is 2.56. The second-order valence-corrected chi connectivity index (χ2v) is 5.79. The van der Waals surface area contributed by atoms with E-state index >= 15 is 0 Å². The molecule has 0 fully saturated rings. The maximum atomic E-state index is 2.27. The number of hydrogen-bond donors (Lipinski definition) is 0. The Hall–Kier alpha value is -2.06. The van der Waals surface area contributed by atoms with Crippen LogP contribution in [0.15, 0.2) is 77.8 Å². The maximum absolute atomic E-state index is 2.27. The minimum atomic E-state index is 1.24. The van der Waals surface area contributed by atoms with Gasteiger partial charge in [0, 0.05) is 17.7 Å². The highest BCUT2D eigenvalue weighted by atomic mass is 32.2. The SMILES string of the molecule is CSc1cc(-c2ccccc2)cc(-c2ccccc2)[n+]1C. The minimum Gasteiger partial charge on any atom is -0.189 e. The lowest BCUT2D eigenvalue weighted by molar-refractivity contribution is -0.698. The lowest BCUT2D eigenvalue weighted by atomic mass is 10.0. The van der Waals surface area contributed by atoms with Gasteiger partial charge in [-0.05, 0) is 29.5 Å². The van der Waals surface area contributed by atoms with Gasteiger partial charge in [0.2, 0.25) is 10.7 Å². The molecule has 0 N–H and O–H groups in total. The molecule has 21 heavy (non-hydrogen) atoms. The fourth-order valence-electron chi connectivity index (χ4n) is 2.51. The summed E-state index contributed by atoms with van der Waals surface area (Å²) in [5, 5.41) is 1.26. The van der Waals surface area contributed by atoms with E-state index < -0.39 is 0 Å². The summed E-state index contributed by atoms with van der Waals surface area (Å²) in [6, 6.07) is 25.6. The van der Waals surface area contributed by atoms with E-state index in [2.05, 4.69) is 90.7 Å². The topological polar surface area (TPSA) is 3.88 Å². The van der Waals surface area contributed by atoms with Crippen LogP contribution >= 0.6 is 11.8 Å². The first-order valence-electron chi connectivity index (χ1n) is 6.98. The Morgan fingerprint density at radius 2 is 1.29 bits per heavy atom. The first-order valence-corrected chi connectivity index (χ1v) is 8.21. The van der Waals surface area contributed by atoms with Crippen LogP contribution in [0.3, 0.4) is 0 Å². The van der Waals surface area contributed by atoms with Crippen LogP contribution in [0, 0.1) is 0 Å². The summed E-state index contributed by atoms with van der Waals surface area (Å²) >= 11 is 1.78. The highest BCUT2D eigenvalue weighted by Gasteiger charge is 2.17. The van der Waals surface area contributed by atoms with Crippen LogP contribution in [0.5, 0.6) is 0 Å². The number of benzene rings is 2. The van der Waals surface area contributed by atoms with Gasteiger partial charge in [0.05, 0.1) is 0 Å². The van der Waals surface area contributed by atoms with E-state index in [4.69, 9.17) is 0 Å². The Balaban J connectivity index is 2.21. The molecule has 2 heteroatoms. The van der Waals surface area contributed by atoms with E-state index in [0.717, 1.165) is 0 Å². The Labute approximate surface area is 130 Å². The molecular formula is C19H18NS+. The minimum absolute atomic E-state index is 1.24. The van der Waals surface area contributed by atoms with Crippen molar-refractivity contribution in [2.45, 2.75) is 5.03 Å². The molecule has 0 aliphatic carbocycles. The van der Waals surface area contributed by atoms with Crippen molar-refractivity contribution in [3.8, 4) is 22.4 Å². The van der Waals surface area contributed by atoms with Crippen LogP contribution in [-0.2, 0) is 7.05 Å². The Morgan fingerprint density at radius 1 is 0.714 bits per heavy atom. The van der Waals surface area contributed by atoms with Crippen molar-refractivity contribution in [1.82, 2.24) is 0 Å². The third kappa shape index (κ3) is 2.86. The van der Waals surface area contributed by atoms with Crippen molar-refractivity contribution in [3.05, 3.63) is 72.8 Å². The van der Waals surface area contributed by atoms with Gasteiger partial charge in [-0.25, -0.2) is 0 Å². The van der Waals surface area contributed by atoms with E-state index in [-0.39, 0.29) is 0 Å². The van der Waals surface area contributed by atoms with Crippen LogP contribution in [0.4, 0.5) is 0 Å². The van der Waals surface area contributed by atoms with Crippen molar-refractivity contribution < 1.29 is 4.57 Å². The predicted molar refractivity (Wildman–Crippen MR) is 90.3 cm³/mol. The van der Waals surface area contributed by atoms with Gasteiger partial charge in [-0.15, -0.1) is 0 Å². The fraction of sp³-hybridized carbons (Fsp3) is 0.105. The first kappa shape index (κ1) is 13.9. The van der Waals surface area contributed by atoms with Crippen molar-refractivity contribution in [3.63, 3.8) is 0 Å². The van der Waals surface area contributed by atoms with Gasteiger partial charge in [0.25, 0.3) is 0 Å². The Morgan fingerprint density at radius 3 is 1.86 bits per heavy atom. The van der Waals surface area contributed by atoms with Crippen molar-refractivity contribution in [2.24, 2.45) is 7.05 Å². The smallest absolute Gasteiger partial charge is 0.189 e. The van der Waals surface area contributed by atoms with Crippen molar-refractivity contribution >= 4 is 11.8 Å². The highest BCUT2D eigenvalue weighted by molar-refractivity contribution is 7.98. The molecule has 0 saturated heterocycles. The molecule has 3 rings (SSSR count). The predicted octanol–water partition coefficient (Wildman–Crippen LogP) is 4.57. The molecule has 0 spiro atoms. The van der Waals surface area contributed by atoms with Crippen molar-refractivity contribution in [1.29, 1.82) is 0 Å². The van der Waals surface area contributed by atoms with Crippen LogP contribution < -0.4 is 4.57 Å². The van der Waals surface area contributed by atoms with Crippen LogP contribution in [0.1, 0.15) is 0 Å². The van der Waals surface area contributed by atoms with Gasteiger partial charge >= 0.3 is 0 Å². The van der Waals surface area contributed by atoms with Gasteiger partial charge < -0.3 is 0 Å². The third-order valence-corrected chi connectivity index (χ3v) is 4.46. The van der Waals surface area contributed by atoms with E-state index in [1.165, 1.54) is 27.4 Å². The molecular weight excluding hydrogens is 274 g/mol. The summed E-state index contributed by atoms with van der Waals surface area (Å²) in [5.41, 5.74) is 5.00. The van der Waals surface area contributed by atoms with E-state index in [1.807, 2.05) is 0 Å². The molecule has 1 nitrogen and oxygen atoms in total. The molecule has 0 unspecified atom stereocenters. The molecule has 0 radical (unpaired) electrons. The van der Waals surface area contributed by atoms with E-state index in [1.54, 1.807) is 11.8 Å². The molecule has 0 bridgehead atoms. The molecule has 1 heterocycles. The maximum Gasteiger partial charge on any atom is 0.240 e. The molecule has 0 atom stereocenters. The summed E-state index contributed by atoms with van der Waals surface area (Å²) < 4.78 is 2.26. The summed E-state index contributed by atoms with van der Waals surface area (Å²) in [5.74, 6) is 0. The molecule has 0 aliphatic rings. The number of rotatable bonds is 3. The summed E-state index contributed by atoms with van der Waals surface area (Å²) in [4.78, 5) is 0. The molecule has 3 aromatic rings. The summed E-state index contributed by atoms with van der Waals surface area (Å²) in [7, 11) is 2.13. The Kier molecular flexibility index (Phi) is 4.07. The summed E-state index contributed by atoms with van der Waals surface area (Å²) in [6.07, 6.45) is 2.12. The molecule has 0 saturated carbocycles. The average molecular weight is 292 g/mol. The van der Waals surface area contributed by atoms with Gasteiger partial charge in [-0.1, -0.05) is 60.3 Å². The van der Waals surface area contributed by atoms with Gasteiger partial charge in [-0.3, -0.25) is 0 Å². The second kappa shape index (κ2) is 6.15. The zero-order chi connectivity index (χ0) is 14.7. The number of aromatic nitrogens is 1. The molecule has 104 valence electrons.